The third-order valence-corrected chi connectivity index (χ3v) is 9.44. The standard InChI is InChI=1S/C35H56N2O4/c1-23-18-27(31(39)41-29-21-34(6,7)37-35(8,9)22-29)17-16-25(23)13-10-24-11-14-26(15-12-24)30(38)40-28-19-32(2,3)36-33(4,5)20-28/h16-18,24,26,28-29,36-37H,10-15,19-22H2,1-9H3. The van der Waals surface area contributed by atoms with E-state index in [1.165, 1.54) is 5.56 Å². The van der Waals surface area contributed by atoms with Crippen molar-refractivity contribution >= 4 is 11.9 Å². The van der Waals surface area contributed by atoms with E-state index in [4.69, 9.17) is 9.47 Å². The molecule has 0 radical (unpaired) electrons. The monoisotopic (exact) mass is 568 g/mol. The lowest BCUT2D eigenvalue weighted by Crippen LogP contribution is -2.59. The molecule has 41 heavy (non-hydrogen) atoms. The summed E-state index contributed by atoms with van der Waals surface area (Å²) in [7, 11) is 0. The average molecular weight is 569 g/mol. The molecule has 0 spiro atoms. The van der Waals surface area contributed by atoms with E-state index in [2.05, 4.69) is 79.0 Å². The number of benzene rings is 1. The van der Waals surface area contributed by atoms with Crippen LogP contribution in [0.15, 0.2) is 18.2 Å². The first-order valence-electron chi connectivity index (χ1n) is 16.0. The number of aryl methyl sites for hydroxylation is 2. The van der Waals surface area contributed by atoms with Gasteiger partial charge in [-0.25, -0.2) is 4.79 Å². The van der Waals surface area contributed by atoms with E-state index < -0.39 is 0 Å². The summed E-state index contributed by atoms with van der Waals surface area (Å²) in [5.41, 5.74) is 2.91. The van der Waals surface area contributed by atoms with Gasteiger partial charge in [0.2, 0.25) is 0 Å². The van der Waals surface area contributed by atoms with Gasteiger partial charge in [0.05, 0.1) is 11.5 Å². The van der Waals surface area contributed by atoms with Crippen LogP contribution in [0.4, 0.5) is 0 Å². The second kappa shape index (κ2) is 12.0. The zero-order valence-corrected chi connectivity index (χ0v) is 27.2. The van der Waals surface area contributed by atoms with E-state index in [1.807, 2.05) is 12.1 Å². The van der Waals surface area contributed by atoms with E-state index in [1.54, 1.807) is 0 Å². The molecular formula is C35H56N2O4. The molecule has 2 saturated heterocycles. The molecular weight excluding hydrogens is 512 g/mol. The highest BCUT2D eigenvalue weighted by Crippen LogP contribution is 2.36. The van der Waals surface area contributed by atoms with Gasteiger partial charge in [-0.05, 0) is 130 Å². The molecule has 6 nitrogen and oxygen atoms in total. The molecule has 3 fully saturated rings. The van der Waals surface area contributed by atoms with Crippen molar-refractivity contribution in [3.05, 3.63) is 34.9 Å². The lowest BCUT2D eigenvalue weighted by Gasteiger charge is -2.46. The Hall–Kier alpha value is -1.92. The first kappa shape index (κ1) is 32.0. The Balaban J connectivity index is 1.22. The minimum atomic E-state index is -0.222. The summed E-state index contributed by atoms with van der Waals surface area (Å²) in [6, 6.07) is 6.02. The fourth-order valence-corrected chi connectivity index (χ4v) is 8.25. The summed E-state index contributed by atoms with van der Waals surface area (Å²) in [6.45, 7) is 19.5. The van der Waals surface area contributed by atoms with Crippen LogP contribution >= 0.6 is 0 Å². The van der Waals surface area contributed by atoms with Crippen LogP contribution in [-0.4, -0.2) is 46.3 Å². The van der Waals surface area contributed by atoms with Gasteiger partial charge in [0.15, 0.2) is 0 Å². The number of carbonyl (C=O) groups excluding carboxylic acids is 2. The lowest BCUT2D eigenvalue weighted by molar-refractivity contribution is -0.159. The highest BCUT2D eigenvalue weighted by Gasteiger charge is 2.41. The third-order valence-electron chi connectivity index (χ3n) is 9.44. The van der Waals surface area contributed by atoms with Crippen LogP contribution < -0.4 is 10.6 Å². The average Bonchev–Trinajstić information content (AvgIpc) is 2.79. The summed E-state index contributed by atoms with van der Waals surface area (Å²) >= 11 is 0. The first-order valence-corrected chi connectivity index (χ1v) is 16.0. The molecule has 1 saturated carbocycles. The summed E-state index contributed by atoms with van der Waals surface area (Å²) in [5, 5.41) is 7.31. The van der Waals surface area contributed by atoms with Gasteiger partial charge in [-0.3, -0.25) is 4.79 Å². The van der Waals surface area contributed by atoms with Crippen molar-refractivity contribution in [1.82, 2.24) is 10.6 Å². The van der Waals surface area contributed by atoms with E-state index in [0.29, 0.717) is 11.5 Å². The summed E-state index contributed by atoms with van der Waals surface area (Å²) in [4.78, 5) is 26.0. The number of esters is 2. The fourth-order valence-electron chi connectivity index (χ4n) is 8.25. The molecule has 0 unspecified atom stereocenters. The van der Waals surface area contributed by atoms with Crippen LogP contribution in [0.2, 0.25) is 0 Å². The topological polar surface area (TPSA) is 76.7 Å². The molecule has 1 aliphatic carbocycles. The lowest BCUT2D eigenvalue weighted by atomic mass is 9.79. The van der Waals surface area contributed by atoms with Crippen molar-refractivity contribution in [3.8, 4) is 0 Å². The molecule has 2 aliphatic heterocycles. The molecule has 2 N–H and O–H groups in total. The van der Waals surface area contributed by atoms with E-state index in [9.17, 15) is 9.59 Å². The number of ether oxygens (including phenoxy) is 2. The van der Waals surface area contributed by atoms with Crippen LogP contribution in [0.3, 0.4) is 0 Å². The van der Waals surface area contributed by atoms with Gasteiger partial charge in [-0.1, -0.05) is 6.07 Å². The Morgan fingerprint density at radius 2 is 1.24 bits per heavy atom. The van der Waals surface area contributed by atoms with Crippen molar-refractivity contribution in [1.29, 1.82) is 0 Å². The molecule has 0 amide bonds. The van der Waals surface area contributed by atoms with Gasteiger partial charge in [-0.2, -0.15) is 0 Å². The number of piperidine rings is 2. The maximum atomic E-state index is 13.0. The van der Waals surface area contributed by atoms with Crippen LogP contribution in [0.5, 0.6) is 0 Å². The summed E-state index contributed by atoms with van der Waals surface area (Å²) in [5.74, 6) is 0.457. The van der Waals surface area contributed by atoms with Crippen molar-refractivity contribution < 1.29 is 19.1 Å². The Labute approximate surface area is 249 Å². The van der Waals surface area contributed by atoms with Crippen LogP contribution in [0.25, 0.3) is 0 Å². The maximum Gasteiger partial charge on any atom is 0.338 e. The van der Waals surface area contributed by atoms with E-state index in [0.717, 1.165) is 69.8 Å². The normalized spacial score (nSPS) is 27.6. The number of carbonyl (C=O) groups is 2. The number of rotatable bonds is 7. The molecule has 2 heterocycles. The highest BCUT2D eigenvalue weighted by molar-refractivity contribution is 5.89. The quantitative estimate of drug-likeness (QED) is 0.343. The van der Waals surface area contributed by atoms with Crippen molar-refractivity contribution in [2.24, 2.45) is 11.8 Å². The largest absolute Gasteiger partial charge is 0.462 e. The van der Waals surface area contributed by atoms with Gasteiger partial charge in [0.25, 0.3) is 0 Å². The summed E-state index contributed by atoms with van der Waals surface area (Å²) in [6.07, 6.45) is 9.38. The van der Waals surface area contributed by atoms with E-state index in [-0.39, 0.29) is 52.2 Å². The second-order valence-corrected chi connectivity index (χ2v) is 16.1. The molecule has 1 aromatic rings. The molecule has 3 aliphatic rings. The van der Waals surface area contributed by atoms with E-state index >= 15 is 0 Å². The van der Waals surface area contributed by atoms with Crippen LogP contribution in [0, 0.1) is 18.8 Å². The minimum Gasteiger partial charge on any atom is -0.462 e. The molecule has 6 heteroatoms. The van der Waals surface area contributed by atoms with Crippen molar-refractivity contribution in [2.45, 2.75) is 161 Å². The van der Waals surface area contributed by atoms with Crippen molar-refractivity contribution in [2.75, 3.05) is 0 Å². The first-order chi connectivity index (χ1) is 18.9. The van der Waals surface area contributed by atoms with Crippen molar-refractivity contribution in [3.63, 3.8) is 0 Å². The molecule has 0 aromatic heterocycles. The predicted molar refractivity (Wildman–Crippen MR) is 165 cm³/mol. The Morgan fingerprint density at radius 1 is 0.756 bits per heavy atom. The van der Waals surface area contributed by atoms with Gasteiger partial charge in [-0.15, -0.1) is 0 Å². The van der Waals surface area contributed by atoms with Crippen LogP contribution in [-0.2, 0) is 20.7 Å². The van der Waals surface area contributed by atoms with Gasteiger partial charge in [0.1, 0.15) is 12.2 Å². The number of nitrogens with one attached hydrogen (secondary N) is 2. The molecule has 4 rings (SSSR count). The molecule has 1 aromatic carbocycles. The zero-order valence-electron chi connectivity index (χ0n) is 27.2. The van der Waals surface area contributed by atoms with Crippen LogP contribution in [0.1, 0.15) is 135 Å². The van der Waals surface area contributed by atoms with Gasteiger partial charge < -0.3 is 20.1 Å². The second-order valence-electron chi connectivity index (χ2n) is 16.1. The molecule has 230 valence electrons. The number of hydrogen-bond donors (Lipinski definition) is 2. The third kappa shape index (κ3) is 9.03. The smallest absolute Gasteiger partial charge is 0.338 e. The highest BCUT2D eigenvalue weighted by atomic mass is 16.5. The van der Waals surface area contributed by atoms with Gasteiger partial charge in [0, 0.05) is 47.8 Å². The van der Waals surface area contributed by atoms with Gasteiger partial charge >= 0.3 is 11.9 Å². The Morgan fingerprint density at radius 3 is 1.73 bits per heavy atom. The molecule has 0 bridgehead atoms. The minimum absolute atomic E-state index is 0.00642. The molecule has 0 atom stereocenters. The summed E-state index contributed by atoms with van der Waals surface area (Å²) < 4.78 is 12.0. The Kier molecular flexibility index (Phi) is 9.36. The SMILES string of the molecule is Cc1cc(C(=O)OC2CC(C)(C)NC(C)(C)C2)ccc1CCC1CCC(C(=O)OC2CC(C)(C)NC(C)(C)C2)CC1. The fraction of sp³-hybridized carbons (Fsp3) is 0.771. The maximum absolute atomic E-state index is 13.0. The Bertz CT molecular complexity index is 1070. The zero-order chi connectivity index (χ0) is 30.2. The predicted octanol–water partition coefficient (Wildman–Crippen LogP) is 7.05. The number of hydrogen-bond acceptors (Lipinski definition) is 6.